The first-order chi connectivity index (χ1) is 13.0. The van der Waals surface area contributed by atoms with Crippen LogP contribution in [-0.4, -0.2) is 38.4 Å². The number of phenolic OH excluding ortho intramolecular Hbond substituents is 1. The number of benzene rings is 2. The third-order valence-corrected chi connectivity index (χ3v) is 4.62. The standard InChI is InChI=1S/C17H16F3N3O4S/c1-28(26,27)23(14-7-4-6-13(9-14)17(18,19)20)11-16(25)22-21-10-12-5-2-3-8-15(12)24/h2-10,24H,11H2,1H3,(H,22,25)/b21-10-. The van der Waals surface area contributed by atoms with Crippen molar-refractivity contribution in [2.45, 2.75) is 6.18 Å². The van der Waals surface area contributed by atoms with E-state index in [2.05, 4.69) is 10.5 Å². The molecule has 2 aromatic rings. The van der Waals surface area contributed by atoms with Crippen molar-refractivity contribution in [3.8, 4) is 5.75 Å². The molecule has 1 amide bonds. The predicted molar refractivity (Wildman–Crippen MR) is 97.5 cm³/mol. The van der Waals surface area contributed by atoms with E-state index in [0.29, 0.717) is 15.9 Å². The number of carbonyl (C=O) groups is 1. The number of hydrazone groups is 1. The van der Waals surface area contributed by atoms with Gasteiger partial charge >= 0.3 is 6.18 Å². The van der Waals surface area contributed by atoms with Gasteiger partial charge in [-0.2, -0.15) is 18.3 Å². The number of nitrogens with zero attached hydrogens (tertiary/aromatic N) is 2. The summed E-state index contributed by atoms with van der Waals surface area (Å²) in [4.78, 5) is 12.0. The average molecular weight is 415 g/mol. The molecule has 0 aliphatic heterocycles. The molecule has 0 radical (unpaired) electrons. The smallest absolute Gasteiger partial charge is 0.416 e. The van der Waals surface area contributed by atoms with Crippen LogP contribution in [0.25, 0.3) is 0 Å². The number of carbonyl (C=O) groups excluding carboxylic acids is 1. The number of aromatic hydroxyl groups is 1. The molecular weight excluding hydrogens is 399 g/mol. The first kappa shape index (κ1) is 21.2. The Morgan fingerprint density at radius 3 is 2.50 bits per heavy atom. The fourth-order valence-electron chi connectivity index (χ4n) is 2.17. The highest BCUT2D eigenvalue weighted by Gasteiger charge is 2.31. The molecule has 2 rings (SSSR count). The van der Waals surface area contributed by atoms with E-state index in [0.717, 1.165) is 30.7 Å². The SMILES string of the molecule is CS(=O)(=O)N(CC(=O)N/N=C\c1ccccc1O)c1cccc(C(F)(F)F)c1. The van der Waals surface area contributed by atoms with Crippen LogP contribution in [0.2, 0.25) is 0 Å². The third kappa shape index (κ3) is 5.71. The summed E-state index contributed by atoms with van der Waals surface area (Å²) >= 11 is 0. The van der Waals surface area contributed by atoms with Crippen molar-refractivity contribution < 1.29 is 31.5 Å². The molecule has 11 heteroatoms. The second kappa shape index (κ2) is 8.30. The number of hydrogen-bond donors (Lipinski definition) is 2. The first-order valence-electron chi connectivity index (χ1n) is 7.73. The predicted octanol–water partition coefficient (Wildman–Crippen LogP) is 2.33. The summed E-state index contributed by atoms with van der Waals surface area (Å²) in [6.07, 6.45) is -2.75. The molecule has 2 aromatic carbocycles. The van der Waals surface area contributed by atoms with E-state index in [1.54, 1.807) is 12.1 Å². The van der Waals surface area contributed by atoms with Crippen molar-refractivity contribution in [3.63, 3.8) is 0 Å². The minimum absolute atomic E-state index is 0.0813. The summed E-state index contributed by atoms with van der Waals surface area (Å²) in [6, 6.07) is 9.77. The summed E-state index contributed by atoms with van der Waals surface area (Å²) in [7, 11) is -4.05. The van der Waals surface area contributed by atoms with Gasteiger partial charge in [0, 0.05) is 5.56 Å². The van der Waals surface area contributed by atoms with E-state index < -0.39 is 34.2 Å². The molecule has 0 unspecified atom stereocenters. The van der Waals surface area contributed by atoms with Gasteiger partial charge in [-0.05, 0) is 30.3 Å². The molecule has 150 valence electrons. The average Bonchev–Trinajstić information content (AvgIpc) is 2.60. The highest BCUT2D eigenvalue weighted by molar-refractivity contribution is 7.92. The topological polar surface area (TPSA) is 99.1 Å². The Labute approximate surface area is 159 Å². The Hall–Kier alpha value is -3.08. The van der Waals surface area contributed by atoms with Gasteiger partial charge in [0.05, 0.1) is 23.7 Å². The Morgan fingerprint density at radius 1 is 1.21 bits per heavy atom. The first-order valence-corrected chi connectivity index (χ1v) is 9.58. The minimum Gasteiger partial charge on any atom is -0.507 e. The summed E-state index contributed by atoms with van der Waals surface area (Å²) in [5.41, 5.74) is 1.02. The molecule has 0 fully saturated rings. The van der Waals surface area contributed by atoms with Gasteiger partial charge in [0.25, 0.3) is 5.91 Å². The fourth-order valence-corrected chi connectivity index (χ4v) is 3.02. The Morgan fingerprint density at radius 2 is 1.89 bits per heavy atom. The molecule has 28 heavy (non-hydrogen) atoms. The van der Waals surface area contributed by atoms with Crippen molar-refractivity contribution >= 4 is 27.8 Å². The van der Waals surface area contributed by atoms with Gasteiger partial charge in [-0.25, -0.2) is 13.8 Å². The minimum atomic E-state index is -4.66. The number of sulfonamides is 1. The number of nitrogens with one attached hydrogen (secondary N) is 1. The number of anilines is 1. The van der Waals surface area contributed by atoms with Crippen molar-refractivity contribution in [1.29, 1.82) is 0 Å². The van der Waals surface area contributed by atoms with Crippen molar-refractivity contribution in [2.75, 3.05) is 17.1 Å². The highest BCUT2D eigenvalue weighted by Crippen LogP contribution is 2.32. The molecule has 0 heterocycles. The number of para-hydroxylation sites is 1. The van der Waals surface area contributed by atoms with Crippen LogP contribution in [0.4, 0.5) is 18.9 Å². The zero-order valence-corrected chi connectivity index (χ0v) is 15.3. The Bertz CT molecular complexity index is 991. The quantitative estimate of drug-likeness (QED) is 0.559. The molecular formula is C17H16F3N3O4S. The lowest BCUT2D eigenvalue weighted by atomic mass is 10.2. The molecule has 0 aromatic heterocycles. The van der Waals surface area contributed by atoms with E-state index in [9.17, 15) is 31.5 Å². The number of phenols is 1. The number of amides is 1. The van der Waals surface area contributed by atoms with E-state index in [1.807, 2.05) is 0 Å². The summed E-state index contributed by atoms with van der Waals surface area (Å²) in [5.74, 6) is -0.961. The van der Waals surface area contributed by atoms with Crippen LogP contribution in [0.15, 0.2) is 53.6 Å². The summed E-state index contributed by atoms with van der Waals surface area (Å²) < 4.78 is 63.0. The van der Waals surface area contributed by atoms with Gasteiger partial charge in [0.1, 0.15) is 12.3 Å². The molecule has 2 N–H and O–H groups in total. The molecule has 0 saturated carbocycles. The van der Waals surface area contributed by atoms with Gasteiger partial charge in [-0.15, -0.1) is 0 Å². The van der Waals surface area contributed by atoms with Gasteiger partial charge in [0.2, 0.25) is 10.0 Å². The van der Waals surface area contributed by atoms with Crippen LogP contribution >= 0.6 is 0 Å². The second-order valence-electron chi connectivity index (χ2n) is 5.67. The normalized spacial score (nSPS) is 12.1. The number of hydrogen-bond acceptors (Lipinski definition) is 5. The van der Waals surface area contributed by atoms with Gasteiger partial charge in [-0.1, -0.05) is 18.2 Å². The van der Waals surface area contributed by atoms with Crippen LogP contribution in [-0.2, 0) is 21.0 Å². The van der Waals surface area contributed by atoms with Gasteiger partial charge in [0.15, 0.2) is 0 Å². The fraction of sp³-hybridized carbons (Fsp3) is 0.176. The van der Waals surface area contributed by atoms with E-state index in [-0.39, 0.29) is 11.4 Å². The van der Waals surface area contributed by atoms with E-state index in [4.69, 9.17) is 0 Å². The van der Waals surface area contributed by atoms with Gasteiger partial charge < -0.3 is 5.11 Å². The third-order valence-electron chi connectivity index (χ3n) is 3.48. The van der Waals surface area contributed by atoms with Crippen molar-refractivity contribution in [2.24, 2.45) is 5.10 Å². The number of rotatable bonds is 6. The highest BCUT2D eigenvalue weighted by atomic mass is 32.2. The molecule has 0 aliphatic carbocycles. The van der Waals surface area contributed by atoms with E-state index in [1.165, 1.54) is 12.1 Å². The maximum atomic E-state index is 12.9. The van der Waals surface area contributed by atoms with E-state index >= 15 is 0 Å². The largest absolute Gasteiger partial charge is 0.507 e. The molecule has 0 spiro atoms. The lowest BCUT2D eigenvalue weighted by molar-refractivity contribution is -0.137. The van der Waals surface area contributed by atoms with Crippen LogP contribution in [0.1, 0.15) is 11.1 Å². The van der Waals surface area contributed by atoms with Crippen molar-refractivity contribution in [3.05, 3.63) is 59.7 Å². The molecule has 0 atom stereocenters. The van der Waals surface area contributed by atoms with Crippen LogP contribution in [0.3, 0.4) is 0 Å². The maximum Gasteiger partial charge on any atom is 0.416 e. The van der Waals surface area contributed by atoms with Crippen molar-refractivity contribution in [1.82, 2.24) is 5.43 Å². The Balaban J connectivity index is 2.17. The molecule has 0 bridgehead atoms. The lowest BCUT2D eigenvalue weighted by Gasteiger charge is -2.22. The molecule has 0 aliphatic rings. The molecule has 7 nitrogen and oxygen atoms in total. The maximum absolute atomic E-state index is 12.9. The number of alkyl halides is 3. The second-order valence-corrected chi connectivity index (χ2v) is 7.58. The monoisotopic (exact) mass is 415 g/mol. The van der Waals surface area contributed by atoms with Crippen LogP contribution < -0.4 is 9.73 Å². The zero-order chi connectivity index (χ0) is 20.9. The number of halogens is 3. The van der Waals surface area contributed by atoms with Gasteiger partial charge in [-0.3, -0.25) is 9.10 Å². The lowest BCUT2D eigenvalue weighted by Crippen LogP contribution is -2.39. The molecule has 0 saturated heterocycles. The van der Waals surface area contributed by atoms with Crippen LogP contribution in [0, 0.1) is 0 Å². The Kier molecular flexibility index (Phi) is 6.29. The summed E-state index contributed by atoms with van der Waals surface area (Å²) in [5, 5.41) is 13.2. The zero-order valence-electron chi connectivity index (χ0n) is 14.5. The summed E-state index contributed by atoms with van der Waals surface area (Å²) in [6.45, 7) is -0.780. The van der Waals surface area contributed by atoms with Crippen LogP contribution in [0.5, 0.6) is 5.75 Å².